The van der Waals surface area contributed by atoms with Gasteiger partial charge in [-0.25, -0.2) is 4.98 Å². The van der Waals surface area contributed by atoms with Crippen LogP contribution in [0.4, 0.5) is 0 Å². The normalized spacial score (nSPS) is 11.1. The number of nitrogens with zero attached hydrogens (tertiary/aromatic N) is 1. The van der Waals surface area contributed by atoms with E-state index in [0.717, 1.165) is 14.7 Å². The van der Waals surface area contributed by atoms with E-state index in [0.29, 0.717) is 21.5 Å². The maximum atomic E-state index is 6.15. The van der Waals surface area contributed by atoms with Crippen LogP contribution in [0.15, 0.2) is 40.8 Å². The van der Waals surface area contributed by atoms with Gasteiger partial charge in [0, 0.05) is 3.57 Å². The molecule has 2 nitrogen and oxygen atoms in total. The van der Waals surface area contributed by atoms with Crippen molar-refractivity contribution in [2.45, 2.75) is 0 Å². The van der Waals surface area contributed by atoms with Crippen LogP contribution in [0.3, 0.4) is 0 Å². The largest absolute Gasteiger partial charge is 0.436 e. The Balaban J connectivity index is 2.22. The van der Waals surface area contributed by atoms with Crippen molar-refractivity contribution < 1.29 is 4.42 Å². The molecule has 0 amide bonds. The number of hydrogen-bond donors (Lipinski definition) is 0. The summed E-state index contributed by atoms with van der Waals surface area (Å²) >= 11 is 14.4. The molecular weight excluding hydrogens is 384 g/mol. The SMILES string of the molecule is Clc1cccc(-c2nc3cc(I)ccc3o2)c1Cl. The van der Waals surface area contributed by atoms with Gasteiger partial charge in [0.1, 0.15) is 5.52 Å². The maximum absolute atomic E-state index is 6.15. The third-order valence-electron chi connectivity index (χ3n) is 2.53. The standard InChI is InChI=1S/C13H6Cl2INO/c14-9-3-1-2-8(12(9)15)13-17-10-6-7(16)4-5-11(10)18-13/h1-6H. The molecular formula is C13H6Cl2INO. The first-order valence-corrected chi connectivity index (χ1v) is 6.99. The number of oxazole rings is 1. The van der Waals surface area contributed by atoms with E-state index in [-0.39, 0.29) is 0 Å². The molecule has 3 aromatic rings. The molecule has 90 valence electrons. The van der Waals surface area contributed by atoms with Crippen LogP contribution < -0.4 is 0 Å². The summed E-state index contributed by atoms with van der Waals surface area (Å²) < 4.78 is 6.80. The molecule has 0 saturated carbocycles. The van der Waals surface area contributed by atoms with Gasteiger partial charge in [-0.05, 0) is 52.9 Å². The van der Waals surface area contributed by atoms with E-state index in [9.17, 15) is 0 Å². The summed E-state index contributed by atoms with van der Waals surface area (Å²) in [5, 5.41) is 0.950. The van der Waals surface area contributed by atoms with Crippen LogP contribution >= 0.6 is 45.8 Å². The molecule has 1 aromatic heterocycles. The second-order valence-corrected chi connectivity index (χ2v) is 5.76. The van der Waals surface area contributed by atoms with Crippen molar-refractivity contribution in [1.82, 2.24) is 4.98 Å². The summed E-state index contributed by atoms with van der Waals surface area (Å²) in [7, 11) is 0. The Morgan fingerprint density at radius 3 is 2.78 bits per heavy atom. The summed E-state index contributed by atoms with van der Waals surface area (Å²) in [6, 6.07) is 11.2. The van der Waals surface area contributed by atoms with E-state index in [1.807, 2.05) is 30.3 Å². The molecule has 18 heavy (non-hydrogen) atoms. The van der Waals surface area contributed by atoms with Gasteiger partial charge in [0.15, 0.2) is 5.58 Å². The quantitative estimate of drug-likeness (QED) is 0.520. The second-order valence-electron chi connectivity index (χ2n) is 3.73. The summed E-state index contributed by atoms with van der Waals surface area (Å²) in [5.74, 6) is 0.486. The van der Waals surface area contributed by atoms with E-state index < -0.39 is 0 Å². The number of benzene rings is 2. The number of hydrogen-bond acceptors (Lipinski definition) is 2. The third-order valence-corrected chi connectivity index (χ3v) is 4.02. The summed E-state index contributed by atoms with van der Waals surface area (Å²) in [6.45, 7) is 0. The first-order valence-electron chi connectivity index (χ1n) is 5.15. The van der Waals surface area contributed by atoms with E-state index in [1.54, 1.807) is 6.07 Å². The highest BCUT2D eigenvalue weighted by atomic mass is 127. The van der Waals surface area contributed by atoms with Gasteiger partial charge < -0.3 is 4.42 Å². The predicted molar refractivity (Wildman–Crippen MR) is 82.2 cm³/mol. The lowest BCUT2D eigenvalue weighted by Crippen LogP contribution is -1.79. The highest BCUT2D eigenvalue weighted by Crippen LogP contribution is 2.34. The third kappa shape index (κ3) is 2.11. The smallest absolute Gasteiger partial charge is 0.228 e. The van der Waals surface area contributed by atoms with Crippen molar-refractivity contribution in [3.8, 4) is 11.5 Å². The Morgan fingerprint density at radius 1 is 1.11 bits per heavy atom. The van der Waals surface area contributed by atoms with Gasteiger partial charge in [-0.3, -0.25) is 0 Å². The summed E-state index contributed by atoms with van der Waals surface area (Å²) in [6.07, 6.45) is 0. The topological polar surface area (TPSA) is 26.0 Å². The van der Waals surface area contributed by atoms with Crippen LogP contribution in [0, 0.1) is 3.57 Å². The zero-order chi connectivity index (χ0) is 12.7. The Bertz CT molecular complexity index is 739. The predicted octanol–water partition coefficient (Wildman–Crippen LogP) is 5.41. The van der Waals surface area contributed by atoms with Gasteiger partial charge in [-0.1, -0.05) is 29.3 Å². The molecule has 0 bridgehead atoms. The molecule has 2 aromatic carbocycles. The monoisotopic (exact) mass is 389 g/mol. The number of halogens is 3. The second kappa shape index (κ2) is 4.72. The van der Waals surface area contributed by atoms with Gasteiger partial charge in [0.2, 0.25) is 5.89 Å². The molecule has 0 unspecified atom stereocenters. The van der Waals surface area contributed by atoms with Gasteiger partial charge in [0.25, 0.3) is 0 Å². The van der Waals surface area contributed by atoms with Crippen LogP contribution in [0.1, 0.15) is 0 Å². The number of rotatable bonds is 1. The van der Waals surface area contributed by atoms with Crippen LogP contribution in [0.25, 0.3) is 22.6 Å². The van der Waals surface area contributed by atoms with Crippen molar-refractivity contribution in [3.63, 3.8) is 0 Å². The van der Waals surface area contributed by atoms with Gasteiger partial charge in [-0.2, -0.15) is 0 Å². The van der Waals surface area contributed by atoms with Crippen molar-refractivity contribution in [1.29, 1.82) is 0 Å². The summed E-state index contributed by atoms with van der Waals surface area (Å²) in [4.78, 5) is 4.43. The molecule has 0 radical (unpaired) electrons. The van der Waals surface area contributed by atoms with Crippen LogP contribution in [-0.4, -0.2) is 4.98 Å². The minimum Gasteiger partial charge on any atom is -0.436 e. The Hall–Kier alpha value is -0.780. The molecule has 1 heterocycles. The fourth-order valence-electron chi connectivity index (χ4n) is 1.68. The minimum absolute atomic E-state index is 0.459. The average Bonchev–Trinajstić information content (AvgIpc) is 2.75. The van der Waals surface area contributed by atoms with Crippen molar-refractivity contribution in [2.75, 3.05) is 0 Å². The molecule has 0 spiro atoms. The minimum atomic E-state index is 0.459. The fourth-order valence-corrected chi connectivity index (χ4v) is 2.54. The molecule has 0 saturated heterocycles. The zero-order valence-corrected chi connectivity index (χ0v) is 12.6. The fraction of sp³-hybridized carbons (Fsp3) is 0. The lowest BCUT2D eigenvalue weighted by atomic mass is 10.2. The Morgan fingerprint density at radius 2 is 1.94 bits per heavy atom. The lowest BCUT2D eigenvalue weighted by Gasteiger charge is -2.00. The zero-order valence-electron chi connectivity index (χ0n) is 8.95. The van der Waals surface area contributed by atoms with Crippen LogP contribution in [-0.2, 0) is 0 Å². The number of fused-ring (bicyclic) bond motifs is 1. The van der Waals surface area contributed by atoms with Gasteiger partial charge >= 0.3 is 0 Å². The van der Waals surface area contributed by atoms with E-state index >= 15 is 0 Å². The summed E-state index contributed by atoms with van der Waals surface area (Å²) in [5.41, 5.74) is 2.25. The number of aromatic nitrogens is 1. The highest BCUT2D eigenvalue weighted by Gasteiger charge is 2.13. The van der Waals surface area contributed by atoms with Crippen molar-refractivity contribution in [2.24, 2.45) is 0 Å². The Labute approximate surface area is 127 Å². The highest BCUT2D eigenvalue weighted by molar-refractivity contribution is 14.1. The lowest BCUT2D eigenvalue weighted by molar-refractivity contribution is 0.620. The van der Waals surface area contributed by atoms with E-state index in [2.05, 4.69) is 27.6 Å². The van der Waals surface area contributed by atoms with Gasteiger partial charge in [-0.15, -0.1) is 0 Å². The molecule has 0 aliphatic rings. The van der Waals surface area contributed by atoms with Gasteiger partial charge in [0.05, 0.1) is 15.6 Å². The molecule has 0 aliphatic carbocycles. The maximum Gasteiger partial charge on any atom is 0.228 e. The van der Waals surface area contributed by atoms with E-state index in [4.69, 9.17) is 27.6 Å². The molecule has 0 fully saturated rings. The van der Waals surface area contributed by atoms with Crippen molar-refractivity contribution >= 4 is 56.9 Å². The average molecular weight is 390 g/mol. The molecule has 0 aliphatic heterocycles. The molecule has 0 atom stereocenters. The molecule has 3 rings (SSSR count). The molecule has 5 heteroatoms. The first-order chi connectivity index (χ1) is 8.65. The van der Waals surface area contributed by atoms with E-state index in [1.165, 1.54) is 0 Å². The first kappa shape index (κ1) is 12.3. The van der Waals surface area contributed by atoms with Crippen molar-refractivity contribution in [3.05, 3.63) is 50.0 Å². The molecule has 0 N–H and O–H groups in total. The Kier molecular flexibility index (Phi) is 3.21. The van der Waals surface area contributed by atoms with Crippen LogP contribution in [0.2, 0.25) is 10.0 Å². The van der Waals surface area contributed by atoms with Crippen LogP contribution in [0.5, 0.6) is 0 Å².